The number of carbonyl (C=O) groups is 1. The molecule has 4 rings (SSSR count). The molecule has 2 N–H and O–H groups in total. The Hall–Kier alpha value is -2.96. The summed E-state index contributed by atoms with van der Waals surface area (Å²) in [6.07, 6.45) is 4.08. The van der Waals surface area contributed by atoms with Gasteiger partial charge in [0.1, 0.15) is 5.76 Å². The molecule has 7 heteroatoms. The van der Waals surface area contributed by atoms with Crippen LogP contribution < -0.4 is 10.9 Å². The number of aromatic nitrogens is 3. The average molecular weight is 296 g/mol. The van der Waals surface area contributed by atoms with Crippen molar-refractivity contribution in [3.8, 4) is 0 Å². The number of ketones is 1. The highest BCUT2D eigenvalue weighted by atomic mass is 16.3. The quantitative estimate of drug-likeness (QED) is 0.762. The summed E-state index contributed by atoms with van der Waals surface area (Å²) in [4.78, 5) is 35.2. The molecule has 0 atom stereocenters. The Labute approximate surface area is 124 Å². The first kappa shape index (κ1) is 12.8. The van der Waals surface area contributed by atoms with Gasteiger partial charge in [0, 0.05) is 18.2 Å². The van der Waals surface area contributed by atoms with Crippen LogP contribution in [0, 0.1) is 0 Å². The van der Waals surface area contributed by atoms with Crippen LogP contribution in [0.15, 0.2) is 33.8 Å². The van der Waals surface area contributed by atoms with Crippen molar-refractivity contribution in [1.82, 2.24) is 15.0 Å². The molecule has 110 valence electrons. The maximum absolute atomic E-state index is 12.3. The van der Waals surface area contributed by atoms with E-state index in [0.717, 1.165) is 11.3 Å². The van der Waals surface area contributed by atoms with E-state index in [4.69, 9.17) is 4.42 Å². The number of H-pyrrole nitrogens is 1. The lowest BCUT2D eigenvalue weighted by Gasteiger charge is -2.06. The van der Waals surface area contributed by atoms with E-state index in [9.17, 15) is 9.59 Å². The van der Waals surface area contributed by atoms with E-state index in [2.05, 4.69) is 20.3 Å². The van der Waals surface area contributed by atoms with Gasteiger partial charge < -0.3 is 9.73 Å². The molecule has 0 saturated heterocycles. The summed E-state index contributed by atoms with van der Waals surface area (Å²) in [5.41, 5.74) is 1.35. The van der Waals surface area contributed by atoms with Crippen molar-refractivity contribution in [2.24, 2.45) is 0 Å². The Kier molecular flexibility index (Phi) is 2.78. The zero-order valence-electron chi connectivity index (χ0n) is 11.5. The van der Waals surface area contributed by atoms with Gasteiger partial charge in [-0.15, -0.1) is 0 Å². The van der Waals surface area contributed by atoms with Crippen LogP contribution >= 0.6 is 0 Å². The van der Waals surface area contributed by atoms with Gasteiger partial charge in [0.15, 0.2) is 11.4 Å². The molecule has 0 unspecified atom stereocenters. The summed E-state index contributed by atoms with van der Waals surface area (Å²) in [5.74, 6) is 1.09. The normalized spacial score (nSPS) is 13.5. The molecule has 0 aromatic carbocycles. The standard InChI is InChI=1S/C15H12N4O3/c20-11-4-3-9-10(11)7-16-13-12(9)14(21)19-15(18-13)17-6-8-2-1-5-22-8/h1-2,5,7H,3-4,6H2,(H2,16,17,18,19,21). The predicted octanol–water partition coefficient (Wildman–Crippen LogP) is 1.65. The van der Waals surface area contributed by atoms with E-state index in [0.29, 0.717) is 41.9 Å². The number of aromatic amines is 1. The highest BCUT2D eigenvalue weighted by Gasteiger charge is 2.24. The summed E-state index contributed by atoms with van der Waals surface area (Å²) < 4.78 is 5.21. The van der Waals surface area contributed by atoms with Crippen molar-refractivity contribution in [1.29, 1.82) is 0 Å². The lowest BCUT2D eigenvalue weighted by Crippen LogP contribution is -2.15. The molecule has 0 spiro atoms. The fourth-order valence-corrected chi connectivity index (χ4v) is 2.71. The van der Waals surface area contributed by atoms with Gasteiger partial charge >= 0.3 is 0 Å². The van der Waals surface area contributed by atoms with Crippen LogP contribution in [0.3, 0.4) is 0 Å². The van der Waals surface area contributed by atoms with Crippen molar-refractivity contribution in [3.63, 3.8) is 0 Å². The summed E-state index contributed by atoms with van der Waals surface area (Å²) in [6, 6.07) is 3.61. The van der Waals surface area contributed by atoms with Crippen molar-refractivity contribution in [2.45, 2.75) is 19.4 Å². The second-order valence-corrected chi connectivity index (χ2v) is 5.12. The Morgan fingerprint density at radius 1 is 1.32 bits per heavy atom. The van der Waals surface area contributed by atoms with E-state index in [1.165, 1.54) is 6.20 Å². The molecule has 0 radical (unpaired) electrons. The maximum Gasteiger partial charge on any atom is 0.262 e. The molecule has 0 fully saturated rings. The van der Waals surface area contributed by atoms with E-state index in [1.54, 1.807) is 12.3 Å². The van der Waals surface area contributed by atoms with E-state index >= 15 is 0 Å². The molecule has 7 nitrogen and oxygen atoms in total. The summed E-state index contributed by atoms with van der Waals surface area (Å²) in [7, 11) is 0. The molecule has 0 saturated carbocycles. The van der Waals surface area contributed by atoms with Crippen LogP contribution in [-0.4, -0.2) is 20.7 Å². The first-order chi connectivity index (χ1) is 10.7. The third kappa shape index (κ3) is 1.98. The molecule has 0 bridgehead atoms. The number of hydrogen-bond acceptors (Lipinski definition) is 6. The number of furan rings is 1. The number of carbonyl (C=O) groups excluding carboxylic acids is 1. The van der Waals surface area contributed by atoms with Gasteiger partial charge in [0.05, 0.1) is 18.2 Å². The van der Waals surface area contributed by atoms with Crippen LogP contribution in [0.2, 0.25) is 0 Å². The van der Waals surface area contributed by atoms with Crippen molar-refractivity contribution in [3.05, 3.63) is 51.8 Å². The number of fused-ring (bicyclic) bond motifs is 3. The van der Waals surface area contributed by atoms with Gasteiger partial charge in [-0.05, 0) is 24.1 Å². The largest absolute Gasteiger partial charge is 0.467 e. The van der Waals surface area contributed by atoms with Gasteiger partial charge in [0.2, 0.25) is 5.95 Å². The summed E-state index contributed by atoms with van der Waals surface area (Å²) in [6.45, 7) is 0.408. The Bertz CT molecular complexity index is 928. The molecule has 3 aromatic rings. The number of nitrogens with zero attached hydrogens (tertiary/aromatic N) is 2. The van der Waals surface area contributed by atoms with Gasteiger partial charge in [-0.3, -0.25) is 14.6 Å². The third-order valence-electron chi connectivity index (χ3n) is 3.76. The van der Waals surface area contributed by atoms with Gasteiger partial charge in [0.25, 0.3) is 5.56 Å². The lowest BCUT2D eigenvalue weighted by atomic mass is 10.1. The number of Topliss-reactive ketones (excluding diaryl/α,β-unsaturated/α-hetero) is 1. The van der Waals surface area contributed by atoms with Crippen molar-refractivity contribution < 1.29 is 9.21 Å². The fourth-order valence-electron chi connectivity index (χ4n) is 2.71. The molecule has 3 heterocycles. The number of nitrogens with one attached hydrogen (secondary N) is 2. The number of hydrogen-bond donors (Lipinski definition) is 2. The number of pyridine rings is 1. The summed E-state index contributed by atoms with van der Waals surface area (Å²) >= 11 is 0. The second kappa shape index (κ2) is 4.80. The first-order valence-electron chi connectivity index (χ1n) is 6.94. The monoisotopic (exact) mass is 296 g/mol. The van der Waals surface area contributed by atoms with E-state index in [-0.39, 0.29) is 11.3 Å². The summed E-state index contributed by atoms with van der Waals surface area (Å²) in [5, 5.41) is 3.40. The minimum absolute atomic E-state index is 0.0313. The number of aryl methyl sites for hydroxylation is 1. The highest BCUT2D eigenvalue weighted by molar-refractivity contribution is 6.04. The molecule has 22 heavy (non-hydrogen) atoms. The van der Waals surface area contributed by atoms with E-state index in [1.807, 2.05) is 6.07 Å². The Morgan fingerprint density at radius 3 is 3.05 bits per heavy atom. The maximum atomic E-state index is 12.3. The van der Waals surface area contributed by atoms with Gasteiger partial charge in [-0.25, -0.2) is 4.98 Å². The minimum Gasteiger partial charge on any atom is -0.467 e. The number of rotatable bonds is 3. The number of anilines is 1. The smallest absolute Gasteiger partial charge is 0.262 e. The zero-order valence-corrected chi connectivity index (χ0v) is 11.5. The van der Waals surface area contributed by atoms with Crippen LogP contribution in [0.25, 0.3) is 11.0 Å². The van der Waals surface area contributed by atoms with E-state index < -0.39 is 0 Å². The van der Waals surface area contributed by atoms with Crippen molar-refractivity contribution in [2.75, 3.05) is 5.32 Å². The second-order valence-electron chi connectivity index (χ2n) is 5.12. The van der Waals surface area contributed by atoms with Crippen LogP contribution in [0.4, 0.5) is 5.95 Å². The molecule has 3 aromatic heterocycles. The van der Waals surface area contributed by atoms with Gasteiger partial charge in [-0.2, -0.15) is 4.98 Å². The average Bonchev–Trinajstić information content (AvgIpc) is 3.15. The first-order valence-corrected chi connectivity index (χ1v) is 6.94. The zero-order chi connectivity index (χ0) is 15.1. The predicted molar refractivity (Wildman–Crippen MR) is 78.8 cm³/mol. The molecular weight excluding hydrogens is 284 g/mol. The van der Waals surface area contributed by atoms with Crippen LogP contribution in [0.5, 0.6) is 0 Å². The van der Waals surface area contributed by atoms with Crippen molar-refractivity contribution >= 4 is 22.8 Å². The SMILES string of the molecule is O=C1CCc2c1cnc1nc(NCc3ccco3)[nH]c(=O)c21. The fraction of sp³-hybridized carbons (Fsp3) is 0.200. The van der Waals surface area contributed by atoms with Gasteiger partial charge in [-0.1, -0.05) is 0 Å². The lowest BCUT2D eigenvalue weighted by molar-refractivity contribution is 0.0994. The Morgan fingerprint density at radius 2 is 2.23 bits per heavy atom. The topological polar surface area (TPSA) is 101 Å². The van der Waals surface area contributed by atoms with Crippen LogP contribution in [0.1, 0.15) is 28.1 Å². The third-order valence-corrected chi connectivity index (χ3v) is 3.76. The van der Waals surface area contributed by atoms with Crippen LogP contribution in [-0.2, 0) is 13.0 Å². The molecular formula is C15H12N4O3. The highest BCUT2D eigenvalue weighted by Crippen LogP contribution is 2.25. The molecule has 0 amide bonds. The molecule has 0 aliphatic heterocycles. The minimum atomic E-state index is -0.286. The molecule has 1 aliphatic carbocycles. The molecule has 1 aliphatic rings. The Balaban J connectivity index is 1.75.